The zero-order valence-electron chi connectivity index (χ0n) is 18.7. The standard InChI is InChI=1S/C22H29N5O2.CH2O2/c1-4-6-18-15-20(28)27(25-18)19-9-7-17(8-10-19)22(29)24-11-5-13-26-14-12-23-21(26)16(2)3;2-1-3/h7-10,12,14-16,25H,4-6,11,13H2,1-3H3,(H,24,29);1H,(H,2,3). The fourth-order valence-electron chi connectivity index (χ4n) is 3.36. The summed E-state index contributed by atoms with van der Waals surface area (Å²) < 4.78 is 3.64. The highest BCUT2D eigenvalue weighted by Gasteiger charge is 2.09. The fraction of sp³-hybridized carbons (Fsp3) is 0.391. The highest BCUT2D eigenvalue weighted by atomic mass is 16.3. The SMILES string of the molecule is CCCc1cc(=O)n(-c2ccc(C(=O)NCCCn3ccnc3C(C)C)cc2)[nH]1.O=CO. The molecule has 0 aliphatic rings. The molecule has 0 aliphatic carbocycles. The van der Waals surface area contributed by atoms with Gasteiger partial charge in [-0.3, -0.25) is 19.5 Å². The molecular formula is C23H31N5O4. The van der Waals surface area contributed by atoms with Crippen molar-refractivity contribution in [3.05, 3.63) is 70.2 Å². The first-order chi connectivity index (χ1) is 15.4. The summed E-state index contributed by atoms with van der Waals surface area (Å²) in [5, 5.41) is 13.0. The Morgan fingerprint density at radius 1 is 1.28 bits per heavy atom. The van der Waals surface area contributed by atoms with Crippen molar-refractivity contribution in [1.29, 1.82) is 0 Å². The van der Waals surface area contributed by atoms with E-state index >= 15 is 0 Å². The van der Waals surface area contributed by atoms with E-state index in [-0.39, 0.29) is 17.9 Å². The van der Waals surface area contributed by atoms with Crippen molar-refractivity contribution in [2.75, 3.05) is 6.54 Å². The number of aromatic amines is 1. The maximum absolute atomic E-state index is 12.4. The predicted octanol–water partition coefficient (Wildman–Crippen LogP) is 2.96. The lowest BCUT2D eigenvalue weighted by atomic mass is 10.2. The second-order valence-corrected chi connectivity index (χ2v) is 7.60. The zero-order valence-corrected chi connectivity index (χ0v) is 18.7. The van der Waals surface area contributed by atoms with Gasteiger partial charge in [0.05, 0.1) is 5.69 Å². The molecule has 172 valence electrons. The van der Waals surface area contributed by atoms with Gasteiger partial charge >= 0.3 is 0 Å². The maximum Gasteiger partial charge on any atom is 0.290 e. The molecule has 0 saturated heterocycles. The second-order valence-electron chi connectivity index (χ2n) is 7.60. The molecule has 0 fully saturated rings. The van der Waals surface area contributed by atoms with E-state index in [2.05, 4.69) is 40.7 Å². The van der Waals surface area contributed by atoms with Crippen LogP contribution in [0.2, 0.25) is 0 Å². The lowest BCUT2D eigenvalue weighted by Gasteiger charge is -2.11. The Morgan fingerprint density at radius 2 is 1.97 bits per heavy atom. The normalized spacial score (nSPS) is 10.5. The summed E-state index contributed by atoms with van der Waals surface area (Å²) >= 11 is 0. The largest absolute Gasteiger partial charge is 0.483 e. The molecule has 1 amide bonds. The first-order valence-corrected chi connectivity index (χ1v) is 10.7. The van der Waals surface area contributed by atoms with Crippen molar-refractivity contribution in [2.24, 2.45) is 0 Å². The Kier molecular flexibility index (Phi) is 9.46. The molecule has 0 bridgehead atoms. The zero-order chi connectivity index (χ0) is 23.5. The molecule has 2 heterocycles. The van der Waals surface area contributed by atoms with Crippen molar-refractivity contribution in [2.45, 2.75) is 52.5 Å². The number of nitrogens with one attached hydrogen (secondary N) is 2. The van der Waals surface area contributed by atoms with E-state index in [0.717, 1.165) is 43.0 Å². The molecule has 2 aromatic heterocycles. The van der Waals surface area contributed by atoms with Crippen LogP contribution in [0, 0.1) is 0 Å². The average molecular weight is 442 g/mol. The molecule has 0 saturated carbocycles. The molecule has 0 atom stereocenters. The number of aryl methyl sites for hydroxylation is 2. The van der Waals surface area contributed by atoms with E-state index in [1.807, 2.05) is 12.4 Å². The van der Waals surface area contributed by atoms with Crippen LogP contribution in [-0.4, -0.2) is 43.4 Å². The van der Waals surface area contributed by atoms with Gasteiger partial charge in [-0.1, -0.05) is 27.2 Å². The van der Waals surface area contributed by atoms with Gasteiger partial charge < -0.3 is 15.0 Å². The van der Waals surface area contributed by atoms with E-state index in [4.69, 9.17) is 9.90 Å². The molecule has 0 radical (unpaired) electrons. The van der Waals surface area contributed by atoms with Crippen LogP contribution in [0.5, 0.6) is 0 Å². The van der Waals surface area contributed by atoms with Crippen molar-refractivity contribution in [3.8, 4) is 5.69 Å². The number of benzene rings is 1. The van der Waals surface area contributed by atoms with Gasteiger partial charge in [0.2, 0.25) is 0 Å². The van der Waals surface area contributed by atoms with Gasteiger partial charge in [0, 0.05) is 48.7 Å². The number of carbonyl (C=O) groups is 2. The lowest BCUT2D eigenvalue weighted by Crippen LogP contribution is -2.25. The Morgan fingerprint density at radius 3 is 2.59 bits per heavy atom. The second kappa shape index (κ2) is 12.3. The van der Waals surface area contributed by atoms with Crippen LogP contribution >= 0.6 is 0 Å². The molecule has 0 spiro atoms. The molecule has 9 nitrogen and oxygen atoms in total. The molecular weight excluding hydrogens is 410 g/mol. The maximum atomic E-state index is 12.4. The van der Waals surface area contributed by atoms with Gasteiger partial charge in [0.1, 0.15) is 5.82 Å². The molecule has 3 N–H and O–H groups in total. The van der Waals surface area contributed by atoms with Crippen LogP contribution in [0.4, 0.5) is 0 Å². The minimum absolute atomic E-state index is 0.0917. The van der Waals surface area contributed by atoms with Gasteiger partial charge in [-0.25, -0.2) is 9.67 Å². The Hall–Kier alpha value is -3.62. The third kappa shape index (κ3) is 6.69. The minimum atomic E-state index is -0.250. The van der Waals surface area contributed by atoms with Crippen LogP contribution in [0.1, 0.15) is 61.4 Å². The van der Waals surface area contributed by atoms with E-state index in [9.17, 15) is 9.59 Å². The molecule has 3 aromatic rings. The quantitative estimate of drug-likeness (QED) is 0.348. The number of aromatic nitrogens is 4. The number of carbonyl (C=O) groups excluding carboxylic acids is 1. The van der Waals surface area contributed by atoms with Crippen LogP contribution in [-0.2, 0) is 17.8 Å². The van der Waals surface area contributed by atoms with Crippen LogP contribution in [0.15, 0.2) is 47.5 Å². The number of nitrogens with zero attached hydrogens (tertiary/aromatic N) is 3. The van der Waals surface area contributed by atoms with Gasteiger partial charge in [0.15, 0.2) is 0 Å². The third-order valence-corrected chi connectivity index (χ3v) is 4.81. The third-order valence-electron chi connectivity index (χ3n) is 4.81. The molecule has 0 unspecified atom stereocenters. The van der Waals surface area contributed by atoms with Gasteiger partial charge in [-0.05, 0) is 37.1 Å². The summed E-state index contributed by atoms with van der Waals surface area (Å²) in [6.07, 6.45) is 6.43. The fourth-order valence-corrected chi connectivity index (χ4v) is 3.36. The molecule has 0 aliphatic heterocycles. The van der Waals surface area contributed by atoms with Crippen molar-refractivity contribution in [1.82, 2.24) is 24.6 Å². The van der Waals surface area contributed by atoms with E-state index in [0.29, 0.717) is 18.0 Å². The highest BCUT2D eigenvalue weighted by Crippen LogP contribution is 2.12. The first kappa shape index (κ1) is 24.6. The Bertz CT molecular complexity index is 1050. The smallest absolute Gasteiger partial charge is 0.290 e. The van der Waals surface area contributed by atoms with Crippen LogP contribution < -0.4 is 10.9 Å². The summed E-state index contributed by atoms with van der Waals surface area (Å²) in [7, 11) is 0. The van der Waals surface area contributed by atoms with E-state index in [1.54, 1.807) is 30.3 Å². The highest BCUT2D eigenvalue weighted by molar-refractivity contribution is 5.94. The van der Waals surface area contributed by atoms with Crippen molar-refractivity contribution >= 4 is 12.4 Å². The summed E-state index contributed by atoms with van der Waals surface area (Å²) in [5.41, 5.74) is 2.12. The molecule has 1 aromatic carbocycles. The summed E-state index contributed by atoms with van der Waals surface area (Å²) in [6, 6.07) is 8.66. The van der Waals surface area contributed by atoms with Crippen LogP contribution in [0.25, 0.3) is 5.69 Å². The van der Waals surface area contributed by atoms with E-state index in [1.165, 1.54) is 4.68 Å². The summed E-state index contributed by atoms with van der Waals surface area (Å²) in [6.45, 7) is 7.48. The average Bonchev–Trinajstić information content (AvgIpc) is 3.38. The van der Waals surface area contributed by atoms with Crippen molar-refractivity contribution in [3.63, 3.8) is 0 Å². The van der Waals surface area contributed by atoms with Crippen molar-refractivity contribution < 1.29 is 14.7 Å². The number of amides is 1. The monoisotopic (exact) mass is 441 g/mol. The number of H-pyrrole nitrogens is 1. The van der Waals surface area contributed by atoms with E-state index < -0.39 is 0 Å². The molecule has 3 rings (SSSR count). The summed E-state index contributed by atoms with van der Waals surface area (Å²) in [4.78, 5) is 37.2. The molecule has 32 heavy (non-hydrogen) atoms. The first-order valence-electron chi connectivity index (χ1n) is 10.7. The van der Waals surface area contributed by atoms with Gasteiger partial charge in [-0.15, -0.1) is 0 Å². The number of carboxylic acid groups (broad SMARTS) is 1. The van der Waals surface area contributed by atoms with Crippen LogP contribution in [0.3, 0.4) is 0 Å². The number of imidazole rings is 1. The topological polar surface area (TPSA) is 122 Å². The van der Waals surface area contributed by atoms with Gasteiger partial charge in [0.25, 0.3) is 17.9 Å². The predicted molar refractivity (Wildman–Crippen MR) is 122 cm³/mol. The Balaban J connectivity index is 0.00000114. The number of hydrogen-bond donors (Lipinski definition) is 3. The lowest BCUT2D eigenvalue weighted by molar-refractivity contribution is -0.122. The van der Waals surface area contributed by atoms with Gasteiger partial charge in [-0.2, -0.15) is 0 Å². The molecule has 9 heteroatoms. The Labute approximate surface area is 187 Å². The number of hydrogen-bond acceptors (Lipinski definition) is 4. The number of rotatable bonds is 9. The minimum Gasteiger partial charge on any atom is -0.483 e. The summed E-state index contributed by atoms with van der Waals surface area (Å²) in [5.74, 6) is 1.33.